The predicted molar refractivity (Wildman–Crippen MR) is 129 cm³/mol. The molecule has 0 saturated heterocycles. The van der Waals surface area contributed by atoms with Gasteiger partial charge in [0.15, 0.2) is 5.78 Å². The van der Waals surface area contributed by atoms with Crippen LogP contribution in [0.2, 0.25) is 0 Å². The van der Waals surface area contributed by atoms with Crippen LogP contribution in [-0.2, 0) is 16.0 Å². The molecule has 0 aromatic carbocycles. The summed E-state index contributed by atoms with van der Waals surface area (Å²) in [4.78, 5) is 33.8. The smallest absolute Gasteiger partial charge is 0.230 e. The predicted octanol–water partition coefficient (Wildman–Crippen LogP) is 2.74. The van der Waals surface area contributed by atoms with Crippen molar-refractivity contribution >= 4 is 17.4 Å². The number of aromatic nitrogens is 1. The highest BCUT2D eigenvalue weighted by molar-refractivity contribution is 6.12. The molecule has 0 fully saturated rings. The van der Waals surface area contributed by atoms with Gasteiger partial charge in [0.1, 0.15) is 35.0 Å². The van der Waals surface area contributed by atoms with Gasteiger partial charge in [0.2, 0.25) is 5.91 Å². The van der Waals surface area contributed by atoms with Crippen LogP contribution < -0.4 is 15.0 Å². The van der Waals surface area contributed by atoms with Crippen molar-refractivity contribution in [3.63, 3.8) is 0 Å². The number of likely N-dealkylation sites (N-methyl/N-ethyl adjacent to an activating group) is 2. The van der Waals surface area contributed by atoms with Gasteiger partial charge in [0.05, 0.1) is 13.3 Å². The fraction of sp³-hybridized carbons (Fsp3) is 0.560. The minimum absolute atomic E-state index is 0.103. The maximum Gasteiger partial charge on any atom is 0.230 e. The fourth-order valence-corrected chi connectivity index (χ4v) is 4.29. The number of rotatable bonds is 10. The Labute approximate surface area is 200 Å². The zero-order chi connectivity index (χ0) is 24.8. The summed E-state index contributed by atoms with van der Waals surface area (Å²) in [6, 6.07) is 0. The molecule has 1 N–H and O–H groups in total. The molecule has 0 saturated carbocycles. The first-order chi connectivity index (χ1) is 16.2. The summed E-state index contributed by atoms with van der Waals surface area (Å²) in [6.45, 7) is 5.85. The second kappa shape index (κ2) is 11.6. The second-order valence-corrected chi connectivity index (χ2v) is 8.94. The average Bonchev–Trinajstić information content (AvgIpc) is 2.83. The maximum atomic E-state index is 13.4. The van der Waals surface area contributed by atoms with Crippen LogP contribution in [0.5, 0.6) is 5.75 Å². The highest BCUT2D eigenvalue weighted by atomic mass is 19.1. The number of carbonyl (C=O) groups is 2. The van der Waals surface area contributed by atoms with Crippen molar-refractivity contribution < 1.29 is 23.5 Å². The third-order valence-corrected chi connectivity index (χ3v) is 6.15. The number of nitrogens with one attached hydrogen (secondary N) is 1. The van der Waals surface area contributed by atoms with Crippen LogP contribution in [0.25, 0.3) is 0 Å². The van der Waals surface area contributed by atoms with Crippen LogP contribution in [0.4, 0.5) is 10.1 Å². The van der Waals surface area contributed by atoms with E-state index in [4.69, 9.17) is 9.47 Å². The van der Waals surface area contributed by atoms with Gasteiger partial charge in [0.25, 0.3) is 0 Å². The van der Waals surface area contributed by atoms with E-state index in [1.165, 1.54) is 13.1 Å². The van der Waals surface area contributed by atoms with Crippen molar-refractivity contribution in [2.75, 3.05) is 52.5 Å². The van der Waals surface area contributed by atoms with E-state index in [0.717, 1.165) is 5.56 Å². The topological polar surface area (TPSA) is 84.0 Å². The summed E-state index contributed by atoms with van der Waals surface area (Å²) in [6.07, 6.45) is 7.61. The van der Waals surface area contributed by atoms with Gasteiger partial charge in [0, 0.05) is 39.0 Å². The largest absolute Gasteiger partial charge is 0.485 e. The zero-order valence-electron chi connectivity index (χ0n) is 20.6. The van der Waals surface area contributed by atoms with E-state index >= 15 is 0 Å². The molecule has 1 amide bonds. The molecule has 3 rings (SSSR count). The first-order valence-corrected chi connectivity index (χ1v) is 11.7. The summed E-state index contributed by atoms with van der Waals surface area (Å²) >= 11 is 0. The molecule has 2 aliphatic rings. The molecule has 0 radical (unpaired) electrons. The summed E-state index contributed by atoms with van der Waals surface area (Å²) < 4.78 is 25.4. The van der Waals surface area contributed by atoms with Crippen molar-refractivity contribution in [3.05, 3.63) is 41.5 Å². The van der Waals surface area contributed by atoms with Crippen molar-refractivity contribution in [2.45, 2.75) is 32.8 Å². The Morgan fingerprint density at radius 1 is 1.44 bits per heavy atom. The lowest BCUT2D eigenvalue weighted by Gasteiger charge is -2.37. The highest BCUT2D eigenvalue weighted by Crippen LogP contribution is 2.40. The molecule has 1 aromatic rings. The van der Waals surface area contributed by atoms with E-state index in [1.54, 1.807) is 19.2 Å². The number of nitrogens with zero attached hydrogens (tertiary/aromatic N) is 3. The lowest BCUT2D eigenvalue weighted by atomic mass is 9.91. The summed E-state index contributed by atoms with van der Waals surface area (Å²) in [5.41, 5.74) is 1.68. The molecular formula is C25H35FN4O4. The summed E-state index contributed by atoms with van der Waals surface area (Å²) in [5, 5.41) is 2.53. The Kier molecular flexibility index (Phi) is 8.79. The minimum Gasteiger partial charge on any atom is -0.485 e. The highest BCUT2D eigenvalue weighted by Gasteiger charge is 2.34. The van der Waals surface area contributed by atoms with Gasteiger partial charge in [-0.3, -0.25) is 19.5 Å². The number of amides is 1. The van der Waals surface area contributed by atoms with Gasteiger partial charge >= 0.3 is 0 Å². The van der Waals surface area contributed by atoms with Crippen LogP contribution in [0.3, 0.4) is 0 Å². The quantitative estimate of drug-likeness (QED) is 0.317. The van der Waals surface area contributed by atoms with Crippen LogP contribution in [0.1, 0.15) is 36.3 Å². The van der Waals surface area contributed by atoms with Gasteiger partial charge < -0.3 is 19.7 Å². The molecule has 186 valence electrons. The monoisotopic (exact) mass is 474 g/mol. The third-order valence-electron chi connectivity index (χ3n) is 6.15. The number of ether oxygens (including phenoxy) is 2. The van der Waals surface area contributed by atoms with E-state index in [-0.39, 0.29) is 35.2 Å². The summed E-state index contributed by atoms with van der Waals surface area (Å²) in [5.74, 6) is -1.10. The number of halogens is 1. The van der Waals surface area contributed by atoms with Gasteiger partial charge in [-0.15, -0.1) is 0 Å². The minimum atomic E-state index is -0.870. The zero-order valence-corrected chi connectivity index (χ0v) is 20.6. The van der Waals surface area contributed by atoms with Crippen LogP contribution in [0.15, 0.2) is 30.3 Å². The van der Waals surface area contributed by atoms with Crippen molar-refractivity contribution in [3.8, 4) is 5.75 Å². The molecule has 1 aliphatic heterocycles. The number of fused-ring (bicyclic) bond motifs is 1. The number of hydrogen-bond donors (Lipinski definition) is 1. The molecule has 1 aromatic heterocycles. The van der Waals surface area contributed by atoms with Gasteiger partial charge in [-0.25, -0.2) is 4.39 Å². The van der Waals surface area contributed by atoms with Gasteiger partial charge in [-0.05, 0) is 51.8 Å². The van der Waals surface area contributed by atoms with E-state index in [9.17, 15) is 14.0 Å². The van der Waals surface area contributed by atoms with Gasteiger partial charge in [-0.1, -0.05) is 6.08 Å². The number of Topliss-reactive ketones (excluding diaryl/α,β-unsaturated/α-hetero) is 1. The Morgan fingerprint density at radius 2 is 2.21 bits per heavy atom. The fourth-order valence-electron chi connectivity index (χ4n) is 4.29. The first-order valence-electron chi connectivity index (χ1n) is 11.7. The average molecular weight is 475 g/mol. The van der Waals surface area contributed by atoms with E-state index in [0.29, 0.717) is 50.7 Å². The Bertz CT molecular complexity index is 964. The molecular weight excluding hydrogens is 439 g/mol. The Balaban J connectivity index is 1.94. The SMILES string of the molecule is CCOCN(C)CC1CN(C)c2c(C(=O)C(C)C(=O)NC)ncc(CC3C=CC(F)=CC3)c2O1. The lowest BCUT2D eigenvalue weighted by Crippen LogP contribution is -2.46. The Hall–Kier alpha value is -2.78. The van der Waals surface area contributed by atoms with Crippen molar-refractivity contribution in [2.24, 2.45) is 11.8 Å². The van der Waals surface area contributed by atoms with E-state index in [1.807, 2.05) is 36.9 Å². The van der Waals surface area contributed by atoms with Crippen LogP contribution in [-0.4, -0.2) is 75.2 Å². The molecule has 34 heavy (non-hydrogen) atoms. The molecule has 3 unspecified atom stereocenters. The molecule has 3 atom stereocenters. The molecule has 1 aliphatic carbocycles. The lowest BCUT2D eigenvalue weighted by molar-refractivity contribution is -0.122. The molecule has 2 heterocycles. The first kappa shape index (κ1) is 25.8. The summed E-state index contributed by atoms with van der Waals surface area (Å²) in [7, 11) is 5.38. The molecule has 0 spiro atoms. The van der Waals surface area contributed by atoms with E-state index < -0.39 is 5.92 Å². The number of pyridine rings is 1. The number of anilines is 1. The molecule has 8 nitrogen and oxygen atoms in total. The maximum absolute atomic E-state index is 13.4. The van der Waals surface area contributed by atoms with E-state index in [2.05, 4.69) is 10.3 Å². The van der Waals surface area contributed by atoms with Crippen LogP contribution >= 0.6 is 0 Å². The Morgan fingerprint density at radius 3 is 2.85 bits per heavy atom. The normalized spacial score (nSPS) is 20.4. The van der Waals surface area contributed by atoms with Gasteiger partial charge in [-0.2, -0.15) is 0 Å². The van der Waals surface area contributed by atoms with Crippen molar-refractivity contribution in [1.29, 1.82) is 0 Å². The number of carbonyl (C=O) groups excluding carboxylic acids is 2. The number of allylic oxidation sites excluding steroid dienone is 4. The second-order valence-electron chi connectivity index (χ2n) is 8.94. The third kappa shape index (κ3) is 6.01. The van der Waals surface area contributed by atoms with Crippen molar-refractivity contribution in [1.82, 2.24) is 15.2 Å². The molecule has 9 heteroatoms. The number of hydrogen-bond acceptors (Lipinski definition) is 7. The number of ketones is 1. The van der Waals surface area contributed by atoms with Crippen LogP contribution in [0, 0.1) is 11.8 Å². The molecule has 0 bridgehead atoms. The standard InChI is InChI=1S/C25H35FN4O4/c1-6-33-15-29(4)13-20-14-30(5)22-21(23(31)16(2)25(32)27-3)28-12-18(24(22)34-20)11-17-7-9-19(26)10-8-17/h7,9-10,12,16-17,20H,6,8,11,13-15H2,1-5H3,(H,27,32).